The van der Waals surface area contributed by atoms with Crippen molar-refractivity contribution in [2.75, 3.05) is 6.61 Å². The van der Waals surface area contributed by atoms with Gasteiger partial charge in [0.15, 0.2) is 23.7 Å². The molecular weight excluding hydrogens is 547 g/mol. The molecule has 37 heavy (non-hydrogen) atoms. The molecule has 9 heteroatoms. The zero-order valence-electron chi connectivity index (χ0n) is 22.0. The van der Waals surface area contributed by atoms with Crippen molar-refractivity contribution in [1.82, 2.24) is 0 Å². The van der Waals surface area contributed by atoms with Crippen LogP contribution >= 0.6 is 15.9 Å². The van der Waals surface area contributed by atoms with Crippen molar-refractivity contribution in [2.45, 2.75) is 88.9 Å². The fourth-order valence-corrected chi connectivity index (χ4v) is 9.01. The first-order valence-corrected chi connectivity index (χ1v) is 14.0. The number of fused-ring (bicyclic) bond motifs is 5. The van der Waals surface area contributed by atoms with E-state index in [0.29, 0.717) is 18.4 Å². The summed E-state index contributed by atoms with van der Waals surface area (Å²) in [7, 11) is 0. The van der Waals surface area contributed by atoms with E-state index in [0.717, 1.165) is 0 Å². The second kappa shape index (κ2) is 9.40. The van der Waals surface area contributed by atoms with Crippen LogP contribution in [0.25, 0.3) is 0 Å². The van der Waals surface area contributed by atoms with Crippen molar-refractivity contribution in [3.8, 4) is 0 Å². The minimum absolute atomic E-state index is 0.0325. The van der Waals surface area contributed by atoms with Crippen molar-refractivity contribution >= 4 is 39.4 Å². The first-order valence-electron chi connectivity index (χ1n) is 13.1. The minimum atomic E-state index is -2.10. The lowest BCUT2D eigenvalue weighted by molar-refractivity contribution is -0.228. The Kier molecular flexibility index (Phi) is 7.15. The summed E-state index contributed by atoms with van der Waals surface area (Å²) in [6.07, 6.45) is 3.56. The standard InChI is InChI=1S/C28H36BrFO7/c1-6-23(34)36-14-22(33)28(37-24(35)7-2)15(3)10-17-18-12-20(29)19-11-16(31)8-9-25(19,4)27(18,30)21(32)13-26(17,28)5/h8-9,11,15,17-18,20-21,32H,6-7,10,12-14H2,1-5H3/t15-,17-,18-,20-,21-,25-,26-,27-,28-/m0/s1. The van der Waals surface area contributed by atoms with Gasteiger partial charge in [0.25, 0.3) is 0 Å². The van der Waals surface area contributed by atoms with Crippen LogP contribution in [0.4, 0.5) is 4.39 Å². The molecule has 0 amide bonds. The maximum absolute atomic E-state index is 17.5. The third-order valence-electron chi connectivity index (χ3n) is 9.80. The number of Topliss-reactive ketones (excluding diaryl/α,β-unsaturated/α-hetero) is 1. The molecule has 0 aromatic rings. The molecule has 4 rings (SSSR count). The Morgan fingerprint density at radius 2 is 1.78 bits per heavy atom. The van der Waals surface area contributed by atoms with Gasteiger partial charge in [-0.25, -0.2) is 4.39 Å². The van der Waals surface area contributed by atoms with E-state index in [1.165, 1.54) is 12.2 Å². The van der Waals surface area contributed by atoms with E-state index in [9.17, 15) is 24.3 Å². The molecule has 0 bridgehead atoms. The molecule has 7 nitrogen and oxygen atoms in total. The molecule has 3 saturated carbocycles. The maximum Gasteiger partial charge on any atom is 0.306 e. The number of carbonyl (C=O) groups is 4. The molecule has 0 aliphatic heterocycles. The number of hydrogen-bond acceptors (Lipinski definition) is 7. The van der Waals surface area contributed by atoms with E-state index in [1.54, 1.807) is 40.7 Å². The van der Waals surface area contributed by atoms with Gasteiger partial charge in [0.1, 0.15) is 0 Å². The lowest BCUT2D eigenvalue weighted by atomic mass is 9.44. The molecular formula is C28H36BrFO7. The summed E-state index contributed by atoms with van der Waals surface area (Å²) < 4.78 is 28.7. The summed E-state index contributed by atoms with van der Waals surface area (Å²) in [6, 6.07) is 0. The molecule has 1 N–H and O–H groups in total. The molecule has 0 unspecified atom stereocenters. The van der Waals surface area contributed by atoms with E-state index >= 15 is 4.39 Å². The number of alkyl halides is 2. The zero-order valence-corrected chi connectivity index (χ0v) is 23.6. The van der Waals surface area contributed by atoms with Crippen LogP contribution in [-0.2, 0) is 28.7 Å². The number of ketones is 2. The van der Waals surface area contributed by atoms with Gasteiger partial charge >= 0.3 is 11.9 Å². The fourth-order valence-electron chi connectivity index (χ4n) is 8.00. The fraction of sp³-hybridized carbons (Fsp3) is 0.714. The molecule has 0 saturated heterocycles. The summed E-state index contributed by atoms with van der Waals surface area (Å²) in [5.74, 6) is -3.51. The van der Waals surface area contributed by atoms with Crippen LogP contribution in [0.1, 0.15) is 66.7 Å². The predicted octanol–water partition coefficient (Wildman–Crippen LogP) is 4.19. The van der Waals surface area contributed by atoms with E-state index in [-0.39, 0.29) is 29.9 Å². The molecule has 0 aromatic carbocycles. The monoisotopic (exact) mass is 582 g/mol. The average Bonchev–Trinajstić information content (AvgIpc) is 3.07. The Hall–Kier alpha value is -1.87. The number of allylic oxidation sites excluding steroid dienone is 4. The minimum Gasteiger partial charge on any atom is -0.457 e. The van der Waals surface area contributed by atoms with E-state index < -0.39 is 70.3 Å². The number of hydrogen-bond donors (Lipinski definition) is 1. The quantitative estimate of drug-likeness (QED) is 0.369. The van der Waals surface area contributed by atoms with Crippen LogP contribution in [0.2, 0.25) is 0 Å². The first-order chi connectivity index (χ1) is 17.2. The molecule has 3 fully saturated rings. The molecule has 4 aliphatic rings. The summed E-state index contributed by atoms with van der Waals surface area (Å²) in [5, 5.41) is 11.6. The molecule has 4 aliphatic carbocycles. The summed E-state index contributed by atoms with van der Waals surface area (Å²) >= 11 is 3.67. The van der Waals surface area contributed by atoms with Crippen molar-refractivity contribution in [3.05, 3.63) is 23.8 Å². The maximum atomic E-state index is 17.5. The van der Waals surface area contributed by atoms with Crippen molar-refractivity contribution < 1.29 is 38.1 Å². The van der Waals surface area contributed by atoms with Crippen molar-refractivity contribution in [3.63, 3.8) is 0 Å². The van der Waals surface area contributed by atoms with Gasteiger partial charge < -0.3 is 14.6 Å². The SMILES string of the molecule is CCC(=O)OCC(=O)[C@@]1(OC(=O)CC)[C@@H](C)C[C@H]2[C@@H]3C[C@H](Br)C4=CC(=O)C=C[C@]4(C)[C@@]3(F)[C@@H](O)C[C@@]21C. The van der Waals surface area contributed by atoms with Gasteiger partial charge in [-0.05, 0) is 49.8 Å². The summed E-state index contributed by atoms with van der Waals surface area (Å²) in [5.41, 5.74) is -5.52. The van der Waals surface area contributed by atoms with Gasteiger partial charge in [0.05, 0.1) is 6.10 Å². The largest absolute Gasteiger partial charge is 0.457 e. The normalized spacial score (nSPS) is 44.3. The number of halogens is 2. The van der Waals surface area contributed by atoms with Crippen LogP contribution in [-0.4, -0.2) is 57.4 Å². The van der Waals surface area contributed by atoms with Crippen molar-refractivity contribution in [1.29, 1.82) is 0 Å². The van der Waals surface area contributed by atoms with Crippen LogP contribution in [0, 0.1) is 28.6 Å². The second-order valence-corrected chi connectivity index (χ2v) is 12.6. The molecule has 0 aromatic heterocycles. The molecule has 0 heterocycles. The number of carbonyl (C=O) groups excluding carboxylic acids is 4. The average molecular weight is 583 g/mol. The van der Waals surface area contributed by atoms with Gasteiger partial charge in [0, 0.05) is 40.3 Å². The van der Waals surface area contributed by atoms with Crippen LogP contribution < -0.4 is 0 Å². The van der Waals surface area contributed by atoms with Crippen LogP contribution in [0.3, 0.4) is 0 Å². The highest BCUT2D eigenvalue weighted by atomic mass is 79.9. The summed E-state index contributed by atoms with van der Waals surface area (Å²) in [4.78, 5) is 50.3. The highest BCUT2D eigenvalue weighted by Gasteiger charge is 2.77. The number of aliphatic hydroxyl groups excluding tert-OH is 1. The van der Waals surface area contributed by atoms with Gasteiger partial charge in [0.2, 0.25) is 5.78 Å². The molecule has 0 radical (unpaired) electrons. The number of esters is 2. The third kappa shape index (κ3) is 3.73. The highest BCUT2D eigenvalue weighted by molar-refractivity contribution is 9.09. The van der Waals surface area contributed by atoms with Gasteiger partial charge in [-0.1, -0.05) is 49.7 Å². The lowest BCUT2D eigenvalue weighted by Gasteiger charge is -2.63. The van der Waals surface area contributed by atoms with Gasteiger partial charge in [-0.2, -0.15) is 0 Å². The smallest absolute Gasteiger partial charge is 0.306 e. The topological polar surface area (TPSA) is 107 Å². The van der Waals surface area contributed by atoms with Gasteiger partial charge in [-0.15, -0.1) is 0 Å². The molecule has 0 spiro atoms. The summed E-state index contributed by atoms with van der Waals surface area (Å²) in [6.45, 7) is 7.99. The van der Waals surface area contributed by atoms with E-state index in [4.69, 9.17) is 9.47 Å². The lowest BCUT2D eigenvalue weighted by Crippen LogP contribution is -2.71. The Balaban J connectivity index is 1.83. The number of ether oxygens (including phenoxy) is 2. The van der Waals surface area contributed by atoms with Crippen LogP contribution in [0.5, 0.6) is 0 Å². The number of aliphatic hydroxyl groups is 1. The Morgan fingerprint density at radius 1 is 1.14 bits per heavy atom. The molecule has 204 valence electrons. The van der Waals surface area contributed by atoms with E-state index in [2.05, 4.69) is 15.9 Å². The van der Waals surface area contributed by atoms with Crippen molar-refractivity contribution in [2.24, 2.45) is 28.6 Å². The van der Waals surface area contributed by atoms with Gasteiger partial charge in [-0.3, -0.25) is 19.2 Å². The van der Waals surface area contributed by atoms with Crippen LogP contribution in [0.15, 0.2) is 23.8 Å². The predicted molar refractivity (Wildman–Crippen MR) is 136 cm³/mol. The molecule has 9 atom stereocenters. The Bertz CT molecular complexity index is 1090. The third-order valence-corrected chi connectivity index (χ3v) is 10.7. The zero-order chi connectivity index (χ0) is 27.6. The first kappa shape index (κ1) is 28.1. The Labute approximate surface area is 225 Å². The Morgan fingerprint density at radius 3 is 2.41 bits per heavy atom. The highest BCUT2D eigenvalue weighted by Crippen LogP contribution is 2.72. The van der Waals surface area contributed by atoms with E-state index in [1.807, 2.05) is 0 Å². The second-order valence-electron chi connectivity index (χ2n) is 11.5. The number of rotatable bonds is 6.